The number of hydrazine groups is 1. The van der Waals surface area contributed by atoms with Crippen molar-refractivity contribution in [3.05, 3.63) is 66.2 Å². The number of nitrogens with one attached hydrogen (secondary N) is 1. The van der Waals surface area contributed by atoms with Crippen molar-refractivity contribution < 1.29 is 9.53 Å². The summed E-state index contributed by atoms with van der Waals surface area (Å²) in [6.07, 6.45) is 1.63. The van der Waals surface area contributed by atoms with Crippen LogP contribution in [0.3, 0.4) is 0 Å². The Balaban J connectivity index is 1.64. The second-order valence-electron chi connectivity index (χ2n) is 6.10. The summed E-state index contributed by atoms with van der Waals surface area (Å²) in [5.74, 6) is 0. The standard InChI is InChI=1S/C20H24N2O2Se/c1-2-24-20(23)22-18(15-25-19-11-7-4-8-12-19)14-17(21-22)13-16-9-5-3-6-10-16/h3-12,17-18,21H,2,13-15H2,1H3. The molecule has 1 aliphatic rings. The third kappa shape index (κ3) is 5.08. The van der Waals surface area contributed by atoms with Crippen molar-refractivity contribution >= 4 is 25.5 Å². The molecular weight excluding hydrogens is 379 g/mol. The molecule has 25 heavy (non-hydrogen) atoms. The van der Waals surface area contributed by atoms with E-state index in [1.807, 2.05) is 19.1 Å². The summed E-state index contributed by atoms with van der Waals surface area (Å²) in [7, 11) is 0. The first kappa shape index (κ1) is 18.0. The van der Waals surface area contributed by atoms with E-state index in [9.17, 15) is 4.79 Å². The summed E-state index contributed by atoms with van der Waals surface area (Å²) in [6, 6.07) is 21.4. The van der Waals surface area contributed by atoms with Gasteiger partial charge in [-0.25, -0.2) is 0 Å². The molecule has 132 valence electrons. The van der Waals surface area contributed by atoms with Gasteiger partial charge in [0.1, 0.15) is 0 Å². The van der Waals surface area contributed by atoms with Crippen molar-refractivity contribution in [3.63, 3.8) is 0 Å². The molecule has 1 fully saturated rings. The molecule has 2 atom stereocenters. The van der Waals surface area contributed by atoms with E-state index in [-0.39, 0.29) is 18.2 Å². The number of carbonyl (C=O) groups excluding carboxylic acids is 1. The van der Waals surface area contributed by atoms with Gasteiger partial charge < -0.3 is 0 Å². The maximum absolute atomic E-state index is 12.3. The van der Waals surface area contributed by atoms with Crippen LogP contribution in [0, 0.1) is 0 Å². The van der Waals surface area contributed by atoms with Gasteiger partial charge >= 0.3 is 155 Å². The number of benzene rings is 2. The fraction of sp³-hybridized carbons (Fsp3) is 0.350. The van der Waals surface area contributed by atoms with Gasteiger partial charge in [-0.1, -0.05) is 0 Å². The number of hydrogen-bond donors (Lipinski definition) is 1. The number of hydrogen-bond acceptors (Lipinski definition) is 3. The first-order valence-corrected chi connectivity index (χ1v) is 10.8. The Bertz CT molecular complexity index is 666. The zero-order valence-corrected chi connectivity index (χ0v) is 16.1. The van der Waals surface area contributed by atoms with Crippen LogP contribution in [0.5, 0.6) is 0 Å². The first-order chi connectivity index (χ1) is 12.3. The van der Waals surface area contributed by atoms with E-state index in [0.717, 1.165) is 18.2 Å². The zero-order chi connectivity index (χ0) is 17.5. The summed E-state index contributed by atoms with van der Waals surface area (Å²) in [4.78, 5) is 12.3. The Morgan fingerprint density at radius 2 is 1.84 bits per heavy atom. The number of carbonyl (C=O) groups is 1. The van der Waals surface area contributed by atoms with Crippen LogP contribution in [0.15, 0.2) is 60.7 Å². The molecule has 0 radical (unpaired) electrons. The quantitative estimate of drug-likeness (QED) is 0.755. The average molecular weight is 403 g/mol. The molecule has 2 aromatic carbocycles. The predicted octanol–water partition coefficient (Wildman–Crippen LogP) is 2.78. The molecule has 0 spiro atoms. The Hall–Kier alpha value is -1.81. The van der Waals surface area contributed by atoms with Crippen molar-refractivity contribution in [1.29, 1.82) is 0 Å². The van der Waals surface area contributed by atoms with E-state index in [0.29, 0.717) is 21.6 Å². The van der Waals surface area contributed by atoms with Gasteiger partial charge in [-0.05, 0) is 0 Å². The SMILES string of the molecule is CCOC(=O)N1NC(Cc2ccccc2)CC1C[Se]c1ccccc1. The molecule has 0 saturated carbocycles. The van der Waals surface area contributed by atoms with Gasteiger partial charge in [-0.2, -0.15) is 0 Å². The summed E-state index contributed by atoms with van der Waals surface area (Å²) in [5, 5.41) is 2.72. The molecule has 0 aromatic heterocycles. The molecule has 2 aromatic rings. The van der Waals surface area contributed by atoms with Crippen LogP contribution < -0.4 is 9.89 Å². The van der Waals surface area contributed by atoms with Gasteiger partial charge in [0.25, 0.3) is 0 Å². The fourth-order valence-electron chi connectivity index (χ4n) is 3.06. The molecule has 1 N–H and O–H groups in total. The molecule has 4 nitrogen and oxygen atoms in total. The average Bonchev–Trinajstić information content (AvgIpc) is 3.05. The molecule has 1 aliphatic heterocycles. The van der Waals surface area contributed by atoms with E-state index in [1.54, 1.807) is 5.01 Å². The minimum absolute atomic E-state index is 0.188. The minimum atomic E-state index is -0.257. The monoisotopic (exact) mass is 404 g/mol. The van der Waals surface area contributed by atoms with Crippen LogP contribution in [0.2, 0.25) is 5.32 Å². The Morgan fingerprint density at radius 1 is 1.16 bits per heavy atom. The van der Waals surface area contributed by atoms with E-state index in [4.69, 9.17) is 4.74 Å². The Morgan fingerprint density at radius 3 is 2.52 bits per heavy atom. The molecule has 1 saturated heterocycles. The van der Waals surface area contributed by atoms with Crippen molar-refractivity contribution in [2.24, 2.45) is 0 Å². The van der Waals surface area contributed by atoms with Gasteiger partial charge in [-0.3, -0.25) is 0 Å². The fourth-order valence-corrected chi connectivity index (χ4v) is 5.20. The molecule has 2 unspecified atom stereocenters. The van der Waals surface area contributed by atoms with Crippen LogP contribution in [-0.4, -0.2) is 44.7 Å². The molecule has 3 rings (SSSR count). The van der Waals surface area contributed by atoms with E-state index < -0.39 is 0 Å². The van der Waals surface area contributed by atoms with E-state index in [2.05, 4.69) is 54.0 Å². The van der Waals surface area contributed by atoms with Gasteiger partial charge in [0, 0.05) is 0 Å². The topological polar surface area (TPSA) is 41.6 Å². The molecular formula is C20H24N2O2Se. The van der Waals surface area contributed by atoms with Crippen LogP contribution in [0.4, 0.5) is 4.79 Å². The molecule has 1 amide bonds. The van der Waals surface area contributed by atoms with E-state index >= 15 is 0 Å². The normalized spacial score (nSPS) is 19.8. The second-order valence-corrected chi connectivity index (χ2v) is 8.39. The van der Waals surface area contributed by atoms with Crippen LogP contribution in [0.25, 0.3) is 0 Å². The van der Waals surface area contributed by atoms with Crippen LogP contribution in [0.1, 0.15) is 18.9 Å². The van der Waals surface area contributed by atoms with Crippen LogP contribution in [-0.2, 0) is 11.2 Å². The Kier molecular flexibility index (Phi) is 6.51. The third-order valence-electron chi connectivity index (χ3n) is 4.22. The summed E-state index contributed by atoms with van der Waals surface area (Å²) in [6.45, 7) is 2.25. The summed E-state index contributed by atoms with van der Waals surface area (Å²) >= 11 is 0.347. The molecule has 5 heteroatoms. The molecule has 0 aliphatic carbocycles. The van der Waals surface area contributed by atoms with Gasteiger partial charge in [0.15, 0.2) is 0 Å². The molecule has 1 heterocycles. The van der Waals surface area contributed by atoms with Crippen molar-refractivity contribution in [2.75, 3.05) is 6.61 Å². The van der Waals surface area contributed by atoms with Crippen LogP contribution >= 0.6 is 0 Å². The predicted molar refractivity (Wildman–Crippen MR) is 101 cm³/mol. The number of amides is 1. The number of nitrogens with zero attached hydrogens (tertiary/aromatic N) is 1. The van der Waals surface area contributed by atoms with E-state index in [1.165, 1.54) is 10.0 Å². The van der Waals surface area contributed by atoms with Crippen molar-refractivity contribution in [2.45, 2.75) is 37.2 Å². The summed E-state index contributed by atoms with van der Waals surface area (Å²) in [5.41, 5.74) is 4.67. The zero-order valence-electron chi connectivity index (χ0n) is 14.4. The number of ether oxygens (including phenoxy) is 1. The maximum atomic E-state index is 12.3. The number of rotatable bonds is 6. The van der Waals surface area contributed by atoms with Gasteiger partial charge in [-0.15, -0.1) is 0 Å². The van der Waals surface area contributed by atoms with Crippen molar-refractivity contribution in [1.82, 2.24) is 10.4 Å². The van der Waals surface area contributed by atoms with Gasteiger partial charge in [0.2, 0.25) is 0 Å². The Labute approximate surface area is 155 Å². The molecule has 0 bridgehead atoms. The first-order valence-electron chi connectivity index (χ1n) is 8.70. The van der Waals surface area contributed by atoms with Gasteiger partial charge in [0.05, 0.1) is 0 Å². The second kappa shape index (κ2) is 9.04. The van der Waals surface area contributed by atoms with Crippen molar-refractivity contribution in [3.8, 4) is 0 Å². The summed E-state index contributed by atoms with van der Waals surface area (Å²) < 4.78 is 6.60. The third-order valence-corrected chi connectivity index (χ3v) is 6.65.